The van der Waals surface area contributed by atoms with Crippen molar-refractivity contribution < 1.29 is 15.1 Å². The zero-order chi connectivity index (χ0) is 9.40. The Morgan fingerprint density at radius 2 is 2.17 bits per heavy atom. The monoisotopic (exact) mass is 172 g/mol. The van der Waals surface area contributed by atoms with E-state index in [0.717, 1.165) is 0 Å². The summed E-state index contributed by atoms with van der Waals surface area (Å²) in [5.41, 5.74) is 5.88. The number of hydrogen-bond acceptors (Lipinski definition) is 5. The Balaban J connectivity index is 0.000000261. The highest BCUT2D eigenvalue weighted by Gasteiger charge is 1.82. The van der Waals surface area contributed by atoms with E-state index in [1.54, 1.807) is 0 Å². The van der Waals surface area contributed by atoms with Gasteiger partial charge in [-0.1, -0.05) is 0 Å². The van der Waals surface area contributed by atoms with Crippen LogP contribution >= 0.6 is 0 Å². The van der Waals surface area contributed by atoms with Crippen LogP contribution in [-0.4, -0.2) is 26.4 Å². The average molecular weight is 172 g/mol. The number of amides is 1. The van der Waals surface area contributed by atoms with Crippen molar-refractivity contribution in [2.24, 2.45) is 5.73 Å². The molecule has 7 nitrogen and oxygen atoms in total. The second-order valence-electron chi connectivity index (χ2n) is 1.54. The Morgan fingerprint density at radius 1 is 1.58 bits per heavy atom. The molecule has 0 fully saturated rings. The second-order valence-corrected chi connectivity index (χ2v) is 1.54. The van der Waals surface area contributed by atoms with Crippen molar-refractivity contribution in [1.82, 2.24) is 9.97 Å². The van der Waals surface area contributed by atoms with Gasteiger partial charge in [0.25, 0.3) is 0 Å². The molecule has 0 aliphatic carbocycles. The van der Waals surface area contributed by atoms with E-state index in [4.69, 9.17) is 15.1 Å². The fourth-order valence-electron chi connectivity index (χ4n) is 0.357. The summed E-state index contributed by atoms with van der Waals surface area (Å²) in [4.78, 5) is 16.1. The molecule has 0 aliphatic heterocycles. The third-order valence-corrected chi connectivity index (χ3v) is 0.678. The summed E-state index contributed by atoms with van der Waals surface area (Å²) in [5.74, 6) is 0.354. The zero-order valence-corrected chi connectivity index (χ0v) is 6.01. The fourth-order valence-corrected chi connectivity index (χ4v) is 0.357. The van der Waals surface area contributed by atoms with Crippen LogP contribution in [0.1, 0.15) is 0 Å². The van der Waals surface area contributed by atoms with E-state index in [0.29, 0.717) is 5.82 Å². The summed E-state index contributed by atoms with van der Waals surface area (Å²) >= 11 is 0. The fraction of sp³-hybridized carbons (Fsp3) is 0. The number of primary amides is 1. The number of rotatable bonds is 1. The lowest BCUT2D eigenvalue weighted by molar-refractivity contribution is 0.205. The summed E-state index contributed by atoms with van der Waals surface area (Å²) in [6.45, 7) is 0. The van der Waals surface area contributed by atoms with Crippen molar-refractivity contribution in [2.75, 3.05) is 5.48 Å². The minimum absolute atomic E-state index is 0.354. The summed E-state index contributed by atoms with van der Waals surface area (Å²) < 4.78 is 0. The smallest absolute Gasteiger partial charge is 0.402 e. The molecule has 0 aromatic carbocycles. The Kier molecular flexibility index (Phi) is 4.94. The molecule has 0 radical (unpaired) electrons. The van der Waals surface area contributed by atoms with Crippen LogP contribution in [0.25, 0.3) is 0 Å². The van der Waals surface area contributed by atoms with Crippen molar-refractivity contribution in [1.29, 1.82) is 0 Å². The maximum absolute atomic E-state index is 8.78. The Hall–Kier alpha value is -1.89. The van der Waals surface area contributed by atoms with Gasteiger partial charge in [0.2, 0.25) is 0 Å². The number of hydrogen-bond donors (Lipinski definition) is 4. The molecule has 1 aromatic heterocycles. The molecule has 0 bridgehead atoms. The molecule has 0 unspecified atom stereocenters. The molecule has 1 heterocycles. The van der Waals surface area contributed by atoms with Crippen LogP contribution in [0.4, 0.5) is 10.6 Å². The van der Waals surface area contributed by atoms with Crippen LogP contribution in [0.5, 0.6) is 0 Å². The van der Waals surface area contributed by atoms with Gasteiger partial charge in [-0.15, -0.1) is 0 Å². The number of aromatic nitrogens is 2. The number of anilines is 1. The van der Waals surface area contributed by atoms with Gasteiger partial charge >= 0.3 is 6.09 Å². The molecule has 12 heavy (non-hydrogen) atoms. The Morgan fingerprint density at radius 3 is 2.42 bits per heavy atom. The summed E-state index contributed by atoms with van der Waals surface area (Å²) in [6.07, 6.45) is 3.10. The molecule has 66 valence electrons. The van der Waals surface area contributed by atoms with E-state index in [1.165, 1.54) is 18.6 Å². The molecular formula is C5H8N4O3. The predicted molar refractivity (Wildman–Crippen MR) is 39.7 cm³/mol. The van der Waals surface area contributed by atoms with Gasteiger partial charge in [0.1, 0.15) is 0 Å². The molecule has 1 amide bonds. The van der Waals surface area contributed by atoms with Crippen molar-refractivity contribution >= 4 is 11.9 Å². The molecule has 5 N–H and O–H groups in total. The quantitative estimate of drug-likeness (QED) is 0.439. The highest BCUT2D eigenvalue weighted by molar-refractivity contribution is 5.61. The first kappa shape index (κ1) is 10.1. The van der Waals surface area contributed by atoms with Crippen molar-refractivity contribution in [3.63, 3.8) is 0 Å². The van der Waals surface area contributed by atoms with Gasteiger partial charge in [-0.05, 0) is 0 Å². The van der Waals surface area contributed by atoms with Crippen molar-refractivity contribution in [3.8, 4) is 0 Å². The van der Waals surface area contributed by atoms with Crippen LogP contribution in [0, 0.1) is 0 Å². The Bertz CT molecular complexity index is 223. The number of nitrogens with one attached hydrogen (secondary N) is 1. The lowest BCUT2D eigenvalue weighted by Gasteiger charge is -1.90. The maximum atomic E-state index is 8.78. The minimum Gasteiger partial charge on any atom is -0.465 e. The number of nitrogens with two attached hydrogens (primary N) is 1. The summed E-state index contributed by atoms with van der Waals surface area (Å²) in [7, 11) is 0. The van der Waals surface area contributed by atoms with E-state index in [-0.39, 0.29) is 0 Å². The third kappa shape index (κ3) is 6.23. The number of carbonyl (C=O) groups is 1. The summed E-state index contributed by atoms with van der Waals surface area (Å²) in [5, 5.41) is 15.4. The van der Waals surface area contributed by atoms with Gasteiger partial charge in [0.05, 0.1) is 6.20 Å². The largest absolute Gasteiger partial charge is 0.465 e. The maximum Gasteiger partial charge on any atom is 0.402 e. The van der Waals surface area contributed by atoms with Crippen LogP contribution in [0.15, 0.2) is 18.6 Å². The highest BCUT2D eigenvalue weighted by atomic mass is 16.5. The molecule has 7 heteroatoms. The molecule has 1 rings (SSSR count). The van der Waals surface area contributed by atoms with Gasteiger partial charge in [0.15, 0.2) is 5.82 Å². The molecular weight excluding hydrogens is 164 g/mol. The van der Waals surface area contributed by atoms with Gasteiger partial charge < -0.3 is 10.8 Å². The number of carboxylic acid groups (broad SMARTS) is 1. The molecule has 0 atom stereocenters. The minimum atomic E-state index is -1.33. The van der Waals surface area contributed by atoms with Gasteiger partial charge in [-0.25, -0.2) is 9.78 Å². The molecule has 0 saturated carbocycles. The zero-order valence-electron chi connectivity index (χ0n) is 6.01. The van der Waals surface area contributed by atoms with E-state index < -0.39 is 6.09 Å². The first-order valence-corrected chi connectivity index (χ1v) is 2.81. The second kappa shape index (κ2) is 5.86. The van der Waals surface area contributed by atoms with E-state index in [1.807, 2.05) is 5.48 Å². The van der Waals surface area contributed by atoms with Crippen LogP contribution in [-0.2, 0) is 0 Å². The van der Waals surface area contributed by atoms with E-state index in [2.05, 4.69) is 15.7 Å². The molecule has 1 aromatic rings. The Labute approximate surface area is 67.8 Å². The van der Waals surface area contributed by atoms with Crippen LogP contribution in [0.3, 0.4) is 0 Å². The van der Waals surface area contributed by atoms with E-state index >= 15 is 0 Å². The highest BCUT2D eigenvalue weighted by Crippen LogP contribution is 1.91. The normalized spacial score (nSPS) is 7.75. The standard InChI is InChI=1S/C4H5N3O.CH3NO2/c8-7-4-3-5-1-2-6-4;2-1(3)4/h1-3,8H,(H,6,7);2H2,(H,3,4). The molecule has 0 spiro atoms. The molecule has 0 aliphatic rings. The van der Waals surface area contributed by atoms with Gasteiger partial charge in [0, 0.05) is 12.4 Å². The first-order valence-electron chi connectivity index (χ1n) is 2.81. The van der Waals surface area contributed by atoms with Crippen LogP contribution < -0.4 is 11.2 Å². The number of nitrogens with zero attached hydrogens (tertiary/aromatic N) is 2. The van der Waals surface area contributed by atoms with E-state index in [9.17, 15) is 0 Å². The van der Waals surface area contributed by atoms with Gasteiger partial charge in [-0.2, -0.15) is 0 Å². The van der Waals surface area contributed by atoms with Crippen molar-refractivity contribution in [3.05, 3.63) is 18.6 Å². The summed E-state index contributed by atoms with van der Waals surface area (Å²) in [6, 6.07) is 0. The average Bonchev–Trinajstić information content (AvgIpc) is 2.05. The third-order valence-electron chi connectivity index (χ3n) is 0.678. The molecule has 0 saturated heterocycles. The lowest BCUT2D eigenvalue weighted by atomic mass is 10.7. The topological polar surface area (TPSA) is 121 Å². The van der Waals surface area contributed by atoms with Crippen molar-refractivity contribution in [2.45, 2.75) is 0 Å². The van der Waals surface area contributed by atoms with Crippen LogP contribution in [0.2, 0.25) is 0 Å². The first-order chi connectivity index (χ1) is 5.66. The van der Waals surface area contributed by atoms with Gasteiger partial charge in [-0.3, -0.25) is 15.7 Å². The predicted octanol–water partition coefficient (Wildman–Crippen LogP) is -0.0992. The SMILES string of the molecule is NC(=O)O.ONc1cnccn1. The lowest BCUT2D eigenvalue weighted by Crippen LogP contribution is -2.03.